The third-order valence-electron chi connectivity index (χ3n) is 5.66. The smallest absolute Gasteiger partial charge is 0.224 e. The van der Waals surface area contributed by atoms with Crippen LogP contribution in [-0.2, 0) is 21.2 Å². The third-order valence-corrected chi connectivity index (χ3v) is 7.16. The Morgan fingerprint density at radius 3 is 2.53 bits per heavy atom. The molecular formula is C23H29ClN2O3S. The molecule has 0 bridgehead atoms. The molecule has 7 heteroatoms. The zero-order valence-electron chi connectivity index (χ0n) is 17.5. The fourth-order valence-corrected chi connectivity index (χ4v) is 4.76. The highest BCUT2D eigenvalue weighted by Crippen LogP contribution is 2.24. The second-order valence-corrected chi connectivity index (χ2v) is 10.4. The van der Waals surface area contributed by atoms with Crippen LogP contribution in [0.1, 0.15) is 43.4 Å². The Hall–Kier alpha value is -1.89. The van der Waals surface area contributed by atoms with Crippen molar-refractivity contribution < 1.29 is 13.2 Å². The number of piperidine rings is 1. The minimum Gasteiger partial charge on any atom is -0.349 e. The maximum absolute atomic E-state index is 13.0. The van der Waals surface area contributed by atoms with Crippen LogP contribution in [0.25, 0.3) is 0 Å². The number of benzene rings is 2. The predicted molar refractivity (Wildman–Crippen MR) is 120 cm³/mol. The molecule has 1 fully saturated rings. The molecule has 0 saturated carbocycles. The monoisotopic (exact) mass is 448 g/mol. The van der Waals surface area contributed by atoms with E-state index < -0.39 is 9.84 Å². The van der Waals surface area contributed by atoms with Crippen molar-refractivity contribution in [2.75, 3.05) is 19.3 Å². The Kier molecular flexibility index (Phi) is 7.55. The fourth-order valence-electron chi connectivity index (χ4n) is 3.94. The summed E-state index contributed by atoms with van der Waals surface area (Å²) in [5, 5.41) is 3.92. The number of hydrogen-bond donors (Lipinski definition) is 1. The average Bonchev–Trinajstić information content (AvgIpc) is 2.73. The molecule has 1 amide bonds. The maximum atomic E-state index is 13.0. The molecule has 1 heterocycles. The van der Waals surface area contributed by atoms with Crippen LogP contribution in [0.4, 0.5) is 0 Å². The van der Waals surface area contributed by atoms with Gasteiger partial charge in [-0.2, -0.15) is 0 Å². The van der Waals surface area contributed by atoms with Gasteiger partial charge in [-0.15, -0.1) is 0 Å². The molecule has 5 nitrogen and oxygen atoms in total. The van der Waals surface area contributed by atoms with E-state index in [9.17, 15) is 13.2 Å². The number of likely N-dealkylation sites (tertiary alicyclic amines) is 1. The third kappa shape index (κ3) is 5.84. The quantitative estimate of drug-likeness (QED) is 0.688. The van der Waals surface area contributed by atoms with Crippen molar-refractivity contribution >= 4 is 27.3 Å². The normalized spacial score (nSPS) is 18.7. The molecule has 3 rings (SSSR count). The second-order valence-electron chi connectivity index (χ2n) is 7.98. The summed E-state index contributed by atoms with van der Waals surface area (Å²) in [6.45, 7) is 4.42. The number of carbonyl (C=O) groups excluding carboxylic acids is 1. The van der Waals surface area contributed by atoms with Gasteiger partial charge >= 0.3 is 0 Å². The summed E-state index contributed by atoms with van der Waals surface area (Å²) < 4.78 is 23.3. The van der Waals surface area contributed by atoms with Gasteiger partial charge in [-0.1, -0.05) is 48.9 Å². The Balaban J connectivity index is 1.63. The van der Waals surface area contributed by atoms with Crippen LogP contribution in [0, 0.1) is 5.92 Å². The molecule has 0 radical (unpaired) electrons. The molecule has 0 aliphatic carbocycles. The van der Waals surface area contributed by atoms with Crippen molar-refractivity contribution in [1.29, 1.82) is 0 Å². The van der Waals surface area contributed by atoms with Gasteiger partial charge in [0.05, 0.1) is 16.9 Å². The molecule has 0 spiro atoms. The van der Waals surface area contributed by atoms with E-state index in [4.69, 9.17) is 11.6 Å². The van der Waals surface area contributed by atoms with E-state index >= 15 is 0 Å². The van der Waals surface area contributed by atoms with Crippen LogP contribution in [0.2, 0.25) is 5.02 Å². The molecule has 162 valence electrons. The Labute approximate surface area is 184 Å². The first kappa shape index (κ1) is 22.8. The Morgan fingerprint density at radius 1 is 1.20 bits per heavy atom. The van der Waals surface area contributed by atoms with E-state index in [-0.39, 0.29) is 22.8 Å². The summed E-state index contributed by atoms with van der Waals surface area (Å²) in [6.07, 6.45) is 3.77. The van der Waals surface area contributed by atoms with Gasteiger partial charge in [0, 0.05) is 24.4 Å². The van der Waals surface area contributed by atoms with Crippen molar-refractivity contribution in [3.05, 3.63) is 64.7 Å². The number of halogens is 1. The lowest BCUT2D eigenvalue weighted by Gasteiger charge is -2.33. The van der Waals surface area contributed by atoms with Gasteiger partial charge in [0.25, 0.3) is 0 Å². The first-order valence-electron chi connectivity index (χ1n) is 10.3. The van der Waals surface area contributed by atoms with Crippen molar-refractivity contribution in [2.24, 2.45) is 5.92 Å². The number of amides is 1. The highest BCUT2D eigenvalue weighted by atomic mass is 35.5. The highest BCUT2D eigenvalue weighted by molar-refractivity contribution is 7.90. The first-order valence-corrected chi connectivity index (χ1v) is 12.6. The summed E-state index contributed by atoms with van der Waals surface area (Å²) >= 11 is 6.29. The number of nitrogens with one attached hydrogen (secondary N) is 1. The second kappa shape index (κ2) is 9.94. The van der Waals surface area contributed by atoms with Gasteiger partial charge in [0.1, 0.15) is 0 Å². The number of nitrogens with zero attached hydrogens (tertiary/aromatic N) is 1. The molecule has 2 atom stereocenters. The van der Waals surface area contributed by atoms with Crippen LogP contribution in [0.3, 0.4) is 0 Å². The van der Waals surface area contributed by atoms with Gasteiger partial charge in [-0.25, -0.2) is 8.42 Å². The fraction of sp³-hybridized carbons (Fsp3) is 0.435. The van der Waals surface area contributed by atoms with Crippen LogP contribution >= 0.6 is 11.6 Å². The molecule has 1 aliphatic rings. The number of hydrogen-bond acceptors (Lipinski definition) is 4. The molecule has 2 aromatic rings. The van der Waals surface area contributed by atoms with Crippen molar-refractivity contribution in [2.45, 2.75) is 43.7 Å². The summed E-state index contributed by atoms with van der Waals surface area (Å²) in [5.74, 6) is -0.0107. The van der Waals surface area contributed by atoms with Gasteiger partial charge in [0.15, 0.2) is 9.84 Å². The van der Waals surface area contributed by atoms with E-state index in [0.29, 0.717) is 6.54 Å². The van der Waals surface area contributed by atoms with Crippen LogP contribution in [0.15, 0.2) is 53.4 Å². The van der Waals surface area contributed by atoms with Gasteiger partial charge in [0.2, 0.25) is 5.91 Å². The summed E-state index contributed by atoms with van der Waals surface area (Å²) in [4.78, 5) is 15.5. The van der Waals surface area contributed by atoms with Gasteiger partial charge in [-0.3, -0.25) is 9.69 Å². The van der Waals surface area contributed by atoms with E-state index in [0.717, 1.165) is 48.5 Å². The number of carbonyl (C=O) groups is 1. The zero-order chi connectivity index (χ0) is 21.7. The molecule has 2 aromatic carbocycles. The largest absolute Gasteiger partial charge is 0.349 e. The zero-order valence-corrected chi connectivity index (χ0v) is 19.0. The van der Waals surface area contributed by atoms with E-state index in [1.54, 1.807) is 24.3 Å². The Bertz CT molecular complexity index is 976. The lowest BCUT2D eigenvalue weighted by Crippen LogP contribution is -2.43. The molecule has 1 saturated heterocycles. The van der Waals surface area contributed by atoms with E-state index in [1.807, 2.05) is 31.2 Å². The molecule has 1 aliphatic heterocycles. The molecular weight excluding hydrogens is 420 g/mol. The standard InChI is InChI=1S/C23H29ClN2O3S/c1-3-22(17-10-12-20(13-11-17)30(2,28)29)25-23(27)19-8-6-14-26(16-19)15-18-7-4-5-9-21(18)24/h4-5,7,9-13,19,22H,3,6,8,14-16H2,1-2H3,(H,25,27)/t19-,22-/m0/s1. The molecule has 0 unspecified atom stereocenters. The van der Waals surface area contributed by atoms with Crippen LogP contribution in [-0.4, -0.2) is 38.6 Å². The number of rotatable bonds is 7. The van der Waals surface area contributed by atoms with E-state index in [1.165, 1.54) is 6.26 Å². The van der Waals surface area contributed by atoms with Gasteiger partial charge in [-0.05, 0) is 55.1 Å². The van der Waals surface area contributed by atoms with Crippen LogP contribution in [0.5, 0.6) is 0 Å². The first-order chi connectivity index (χ1) is 14.3. The van der Waals surface area contributed by atoms with Crippen molar-refractivity contribution in [3.8, 4) is 0 Å². The maximum Gasteiger partial charge on any atom is 0.224 e. The minimum atomic E-state index is -3.23. The predicted octanol–water partition coefficient (Wildman–Crippen LogP) is 4.22. The van der Waals surface area contributed by atoms with Gasteiger partial charge < -0.3 is 5.32 Å². The van der Waals surface area contributed by atoms with Crippen molar-refractivity contribution in [1.82, 2.24) is 10.2 Å². The summed E-state index contributed by atoms with van der Waals surface area (Å²) in [6, 6.07) is 14.5. The molecule has 1 N–H and O–H groups in total. The summed E-state index contributed by atoms with van der Waals surface area (Å²) in [5.41, 5.74) is 2.00. The topological polar surface area (TPSA) is 66.5 Å². The lowest BCUT2D eigenvalue weighted by atomic mass is 9.95. The highest BCUT2D eigenvalue weighted by Gasteiger charge is 2.27. The molecule has 30 heavy (non-hydrogen) atoms. The number of sulfone groups is 1. The van der Waals surface area contributed by atoms with E-state index in [2.05, 4.69) is 10.2 Å². The molecule has 0 aromatic heterocycles. The SMILES string of the molecule is CC[C@H](NC(=O)[C@H]1CCCN(Cc2ccccc2Cl)C1)c1ccc(S(C)(=O)=O)cc1. The minimum absolute atomic E-state index is 0.0536. The van der Waals surface area contributed by atoms with Crippen molar-refractivity contribution in [3.63, 3.8) is 0 Å². The summed E-state index contributed by atoms with van der Waals surface area (Å²) in [7, 11) is -3.23. The Morgan fingerprint density at radius 2 is 1.90 bits per heavy atom. The average molecular weight is 449 g/mol. The lowest BCUT2D eigenvalue weighted by molar-refractivity contribution is -0.127. The van der Waals surface area contributed by atoms with Crippen LogP contribution < -0.4 is 5.32 Å².